The van der Waals surface area contributed by atoms with Crippen molar-refractivity contribution in [2.45, 2.75) is 13.0 Å². The van der Waals surface area contributed by atoms with Crippen molar-refractivity contribution in [1.29, 1.82) is 0 Å². The first-order valence-electron chi connectivity index (χ1n) is 12.3. The molecule has 196 valence electrons. The highest BCUT2D eigenvalue weighted by Gasteiger charge is 2.20. The lowest BCUT2D eigenvalue weighted by atomic mass is 10.0. The average molecular weight is 551 g/mol. The minimum absolute atomic E-state index is 0.289. The number of aromatic amines is 1. The van der Waals surface area contributed by atoms with Gasteiger partial charge in [0.05, 0.1) is 21.2 Å². The van der Waals surface area contributed by atoms with Crippen molar-refractivity contribution in [2.24, 2.45) is 0 Å². The van der Waals surface area contributed by atoms with Gasteiger partial charge in [-0.25, -0.2) is 0 Å². The Balaban J connectivity index is 1.53. The number of carbonyl (C=O) groups excluding carboxylic acids is 1. The number of likely N-dealkylation sites (N-methyl/N-ethyl adjacent to an activating group) is 1. The van der Waals surface area contributed by atoms with Gasteiger partial charge >= 0.3 is 0 Å². The van der Waals surface area contributed by atoms with Crippen LogP contribution in [0.1, 0.15) is 18.6 Å². The number of H-pyrrole nitrogens is 1. The van der Waals surface area contributed by atoms with Crippen LogP contribution in [0.2, 0.25) is 10.0 Å². The molecule has 1 amide bonds. The fourth-order valence-corrected chi connectivity index (χ4v) is 5.30. The fourth-order valence-electron chi connectivity index (χ4n) is 4.63. The molecule has 1 aliphatic heterocycles. The van der Waals surface area contributed by atoms with E-state index in [1.165, 1.54) is 6.08 Å². The number of fused-ring (bicyclic) bond motifs is 1. The molecule has 5 rings (SSSR count). The monoisotopic (exact) mass is 550 g/mol. The number of nitrogens with zero attached hydrogens (tertiary/aromatic N) is 4. The number of anilines is 2. The van der Waals surface area contributed by atoms with Crippen molar-refractivity contribution in [3.05, 3.63) is 77.1 Å². The first-order chi connectivity index (χ1) is 18.3. The van der Waals surface area contributed by atoms with E-state index < -0.39 is 6.10 Å². The molecular formula is C28H28Cl2N6O2. The van der Waals surface area contributed by atoms with E-state index in [1.54, 1.807) is 12.4 Å². The van der Waals surface area contributed by atoms with Crippen LogP contribution in [0.15, 0.2) is 61.4 Å². The van der Waals surface area contributed by atoms with Gasteiger partial charge in [-0.2, -0.15) is 5.10 Å². The largest absolute Gasteiger partial charge is 0.486 e. The van der Waals surface area contributed by atoms with Gasteiger partial charge in [0.25, 0.3) is 0 Å². The third-order valence-corrected chi connectivity index (χ3v) is 7.32. The number of halogens is 2. The maximum atomic E-state index is 12.2. The zero-order valence-electron chi connectivity index (χ0n) is 21.2. The topological polar surface area (TPSA) is 86.4 Å². The molecule has 0 unspecified atom stereocenters. The van der Waals surface area contributed by atoms with Crippen molar-refractivity contribution in [1.82, 2.24) is 20.1 Å². The highest BCUT2D eigenvalue weighted by Crippen LogP contribution is 2.38. The zero-order valence-corrected chi connectivity index (χ0v) is 22.7. The molecule has 2 aromatic carbocycles. The van der Waals surface area contributed by atoms with E-state index in [-0.39, 0.29) is 5.91 Å². The van der Waals surface area contributed by atoms with Crippen LogP contribution < -0.4 is 15.0 Å². The minimum atomic E-state index is -0.409. The predicted molar refractivity (Wildman–Crippen MR) is 153 cm³/mol. The van der Waals surface area contributed by atoms with Crippen LogP contribution >= 0.6 is 23.2 Å². The smallest absolute Gasteiger partial charge is 0.247 e. The van der Waals surface area contributed by atoms with Gasteiger partial charge in [-0.3, -0.25) is 14.9 Å². The fraction of sp³-hybridized carbons (Fsp3) is 0.250. The van der Waals surface area contributed by atoms with Crippen LogP contribution in [0, 0.1) is 0 Å². The van der Waals surface area contributed by atoms with Gasteiger partial charge in [0.1, 0.15) is 17.5 Å². The molecule has 1 saturated heterocycles. The summed E-state index contributed by atoms with van der Waals surface area (Å²) in [5, 5.41) is 12.4. The van der Waals surface area contributed by atoms with Gasteiger partial charge in [-0.05, 0) is 56.4 Å². The van der Waals surface area contributed by atoms with Crippen LogP contribution in [0.4, 0.5) is 11.4 Å². The standard InChI is InChI=1S/C28H28Cl2N6O2/c1-4-26(37)32-24-7-5-18(36-11-9-35(3)10-12-36)13-20(24)28-21-14-19(6-8-25(21)33-34-28)38-17(2)27-22(29)15-31-16-23(27)30/h4-8,13-17H,1,9-12H2,2-3H3,(H,32,37)(H,33,34)/t17-/m1/s1. The van der Waals surface area contributed by atoms with E-state index >= 15 is 0 Å². The summed E-state index contributed by atoms with van der Waals surface area (Å²) in [5.41, 5.74) is 4.73. The normalized spacial score (nSPS) is 14.9. The second-order valence-corrected chi connectivity index (χ2v) is 10.1. The molecule has 0 spiro atoms. The lowest BCUT2D eigenvalue weighted by Gasteiger charge is -2.34. The second kappa shape index (κ2) is 11.0. The Labute approximate surface area is 231 Å². The first kappa shape index (κ1) is 26.0. The highest BCUT2D eigenvalue weighted by molar-refractivity contribution is 6.35. The number of piperazine rings is 1. The van der Waals surface area contributed by atoms with Gasteiger partial charge in [-0.1, -0.05) is 29.8 Å². The molecule has 0 aliphatic carbocycles. The molecule has 1 atom stereocenters. The number of rotatable bonds is 7. The molecule has 4 aromatic rings. The molecule has 10 heteroatoms. The number of hydrogen-bond donors (Lipinski definition) is 2. The van der Waals surface area contributed by atoms with Crippen LogP contribution in [0.5, 0.6) is 5.75 Å². The summed E-state index contributed by atoms with van der Waals surface area (Å²) < 4.78 is 6.24. The van der Waals surface area contributed by atoms with Gasteiger partial charge in [0.2, 0.25) is 5.91 Å². The van der Waals surface area contributed by atoms with Crippen LogP contribution in [-0.2, 0) is 4.79 Å². The van der Waals surface area contributed by atoms with E-state index in [0.29, 0.717) is 32.7 Å². The number of nitrogens with one attached hydrogen (secondary N) is 2. The highest BCUT2D eigenvalue weighted by atomic mass is 35.5. The van der Waals surface area contributed by atoms with E-state index in [2.05, 4.69) is 50.0 Å². The Morgan fingerprint density at radius 3 is 2.58 bits per heavy atom. The van der Waals surface area contributed by atoms with Crippen LogP contribution in [-0.4, -0.2) is 59.2 Å². The molecule has 8 nitrogen and oxygen atoms in total. The van der Waals surface area contributed by atoms with Crippen LogP contribution in [0.25, 0.3) is 22.2 Å². The summed E-state index contributed by atoms with van der Waals surface area (Å²) in [4.78, 5) is 20.9. The summed E-state index contributed by atoms with van der Waals surface area (Å²) in [5.74, 6) is 0.339. The van der Waals surface area contributed by atoms with Crippen molar-refractivity contribution in [2.75, 3.05) is 43.4 Å². The summed E-state index contributed by atoms with van der Waals surface area (Å²) in [7, 11) is 2.13. The van der Waals surface area contributed by atoms with E-state index in [9.17, 15) is 4.79 Å². The molecule has 0 radical (unpaired) electrons. The molecule has 1 fully saturated rings. The van der Waals surface area contributed by atoms with Gasteiger partial charge in [0.15, 0.2) is 0 Å². The number of ether oxygens (including phenoxy) is 1. The van der Waals surface area contributed by atoms with Crippen molar-refractivity contribution in [3.63, 3.8) is 0 Å². The third-order valence-electron chi connectivity index (χ3n) is 6.71. The number of hydrogen-bond acceptors (Lipinski definition) is 6. The Kier molecular flexibility index (Phi) is 7.56. The Morgan fingerprint density at radius 1 is 1.13 bits per heavy atom. The molecule has 1 aliphatic rings. The van der Waals surface area contributed by atoms with Crippen molar-refractivity contribution in [3.8, 4) is 17.0 Å². The van der Waals surface area contributed by atoms with Gasteiger partial charge in [-0.15, -0.1) is 0 Å². The maximum absolute atomic E-state index is 12.2. The van der Waals surface area contributed by atoms with Gasteiger partial charge in [0, 0.05) is 60.8 Å². The number of amides is 1. The molecule has 38 heavy (non-hydrogen) atoms. The quantitative estimate of drug-likeness (QED) is 0.276. The summed E-state index contributed by atoms with van der Waals surface area (Å²) in [6.45, 7) is 9.29. The summed E-state index contributed by atoms with van der Waals surface area (Å²) in [6.07, 6.45) is 3.94. The van der Waals surface area contributed by atoms with E-state index in [4.69, 9.17) is 27.9 Å². The Bertz CT molecular complexity index is 1480. The number of carbonyl (C=O) groups is 1. The average Bonchev–Trinajstić information content (AvgIpc) is 3.32. The maximum Gasteiger partial charge on any atom is 0.247 e. The van der Waals surface area contributed by atoms with E-state index in [1.807, 2.05) is 37.3 Å². The van der Waals surface area contributed by atoms with Crippen LogP contribution in [0.3, 0.4) is 0 Å². The summed E-state index contributed by atoms with van der Waals surface area (Å²) in [6, 6.07) is 11.7. The first-order valence-corrected chi connectivity index (χ1v) is 13.0. The number of benzene rings is 2. The molecule has 0 saturated carbocycles. The SMILES string of the molecule is C=CC(=O)Nc1ccc(N2CCN(C)CC2)cc1-c1n[nH]c2ccc(O[C@H](C)c3c(Cl)cncc3Cl)cc12. The molecule has 2 N–H and O–H groups in total. The zero-order chi connectivity index (χ0) is 26.8. The molecule has 0 bridgehead atoms. The van der Waals surface area contributed by atoms with Crippen molar-refractivity contribution < 1.29 is 9.53 Å². The van der Waals surface area contributed by atoms with E-state index in [0.717, 1.165) is 48.3 Å². The molecular weight excluding hydrogens is 523 g/mol. The summed E-state index contributed by atoms with van der Waals surface area (Å²) >= 11 is 12.7. The third kappa shape index (κ3) is 5.34. The molecule has 2 aromatic heterocycles. The number of aromatic nitrogens is 3. The van der Waals surface area contributed by atoms with Crippen molar-refractivity contribution >= 4 is 51.4 Å². The lowest BCUT2D eigenvalue weighted by Crippen LogP contribution is -2.44. The predicted octanol–water partition coefficient (Wildman–Crippen LogP) is 5.95. The lowest BCUT2D eigenvalue weighted by molar-refractivity contribution is -0.111. The Hall–Kier alpha value is -3.59. The second-order valence-electron chi connectivity index (χ2n) is 9.27. The molecule has 3 heterocycles. The Morgan fingerprint density at radius 2 is 1.87 bits per heavy atom. The minimum Gasteiger partial charge on any atom is -0.486 e. The van der Waals surface area contributed by atoms with Gasteiger partial charge < -0.3 is 19.9 Å². The number of pyridine rings is 1.